The Balaban J connectivity index is 1.46. The number of nitrogens with zero attached hydrogens (tertiary/aromatic N) is 2. The molecule has 2 atom stereocenters. The lowest BCUT2D eigenvalue weighted by atomic mass is 10.1. The van der Waals surface area contributed by atoms with Crippen LogP contribution in [-0.2, 0) is 16.1 Å². The first-order valence-electron chi connectivity index (χ1n) is 8.75. The minimum atomic E-state index is 0.320. The molecule has 1 aromatic carbocycles. The zero-order valence-corrected chi connectivity index (χ0v) is 14.9. The van der Waals surface area contributed by atoms with Gasteiger partial charge in [-0.25, -0.2) is 0 Å². The average molecular weight is 344 g/mol. The Bertz CT molecular complexity index is 729. The van der Waals surface area contributed by atoms with Gasteiger partial charge in [-0.05, 0) is 35.2 Å². The van der Waals surface area contributed by atoms with E-state index < -0.39 is 0 Å². The van der Waals surface area contributed by atoms with E-state index >= 15 is 0 Å². The van der Waals surface area contributed by atoms with E-state index in [1.54, 1.807) is 7.11 Å². The summed E-state index contributed by atoms with van der Waals surface area (Å²) >= 11 is 1.82. The number of fused-ring (bicyclic) bond motifs is 2. The maximum absolute atomic E-state index is 12.4. The molecule has 0 spiro atoms. The van der Waals surface area contributed by atoms with Crippen LogP contribution < -0.4 is 0 Å². The number of carbonyl (C=O) groups excluding carboxylic acids is 1. The molecule has 0 N–H and O–H groups in total. The lowest BCUT2D eigenvalue weighted by Crippen LogP contribution is -2.37. The van der Waals surface area contributed by atoms with E-state index in [2.05, 4.69) is 39.4 Å². The molecule has 24 heavy (non-hydrogen) atoms. The van der Waals surface area contributed by atoms with E-state index in [1.807, 2.05) is 11.3 Å². The molecule has 2 saturated heterocycles. The van der Waals surface area contributed by atoms with Crippen LogP contribution in [0.4, 0.5) is 0 Å². The standard InChI is InChI=1S/C19H24N2O2S/c1-23-10-4-8-21-16-7-9-20(17(16)11-19(21)22)12-14-13-24-18-6-3-2-5-15(14)18/h2-3,5-6,13,16-17H,4,7-12H2,1H3/t16-,17-/m0/s1. The van der Waals surface area contributed by atoms with E-state index in [9.17, 15) is 4.79 Å². The second-order valence-corrected chi connectivity index (χ2v) is 7.70. The van der Waals surface area contributed by atoms with Crippen molar-refractivity contribution in [1.82, 2.24) is 9.80 Å². The molecule has 4 rings (SSSR count). The molecule has 2 aromatic rings. The summed E-state index contributed by atoms with van der Waals surface area (Å²) in [7, 11) is 1.72. The van der Waals surface area contributed by atoms with Crippen molar-refractivity contribution in [3.63, 3.8) is 0 Å². The minimum absolute atomic E-state index is 0.320. The SMILES string of the molecule is COCCCN1C(=O)C[C@H]2[C@@H]1CCN2Cc1csc2ccccc12. The summed E-state index contributed by atoms with van der Waals surface area (Å²) in [5.41, 5.74) is 1.40. The molecule has 1 amide bonds. The van der Waals surface area contributed by atoms with E-state index in [0.717, 1.165) is 39.1 Å². The number of likely N-dealkylation sites (tertiary alicyclic amines) is 2. The lowest BCUT2D eigenvalue weighted by Gasteiger charge is -2.25. The minimum Gasteiger partial charge on any atom is -0.385 e. The highest BCUT2D eigenvalue weighted by Crippen LogP contribution is 2.35. The fourth-order valence-electron chi connectivity index (χ4n) is 4.25. The van der Waals surface area contributed by atoms with Crippen LogP contribution in [0.5, 0.6) is 0 Å². The van der Waals surface area contributed by atoms with Gasteiger partial charge in [0.15, 0.2) is 0 Å². The van der Waals surface area contributed by atoms with Crippen LogP contribution in [0, 0.1) is 0 Å². The van der Waals surface area contributed by atoms with Gasteiger partial charge in [0.1, 0.15) is 0 Å². The Morgan fingerprint density at radius 3 is 3.04 bits per heavy atom. The van der Waals surface area contributed by atoms with Gasteiger partial charge in [0, 0.05) is 56.6 Å². The van der Waals surface area contributed by atoms with E-state index in [0.29, 0.717) is 24.4 Å². The maximum atomic E-state index is 12.4. The quantitative estimate of drug-likeness (QED) is 0.755. The molecule has 1 aromatic heterocycles. The third-order valence-electron chi connectivity index (χ3n) is 5.41. The van der Waals surface area contributed by atoms with Crippen molar-refractivity contribution in [2.45, 2.75) is 37.9 Å². The molecule has 2 aliphatic rings. The smallest absolute Gasteiger partial charge is 0.224 e. The molecular weight excluding hydrogens is 320 g/mol. The number of thiophene rings is 1. The van der Waals surface area contributed by atoms with Crippen LogP contribution in [0.2, 0.25) is 0 Å². The monoisotopic (exact) mass is 344 g/mol. The molecule has 5 heteroatoms. The first-order chi connectivity index (χ1) is 11.8. The summed E-state index contributed by atoms with van der Waals surface area (Å²) in [6.07, 6.45) is 2.71. The number of benzene rings is 1. The zero-order valence-electron chi connectivity index (χ0n) is 14.1. The number of amides is 1. The van der Waals surface area contributed by atoms with Gasteiger partial charge in [-0.2, -0.15) is 0 Å². The van der Waals surface area contributed by atoms with E-state index in [-0.39, 0.29) is 0 Å². The van der Waals surface area contributed by atoms with Crippen molar-refractivity contribution in [2.75, 3.05) is 26.8 Å². The van der Waals surface area contributed by atoms with Gasteiger partial charge in [0.05, 0.1) is 0 Å². The summed E-state index contributed by atoms with van der Waals surface area (Å²) in [6.45, 7) is 3.62. The van der Waals surface area contributed by atoms with Gasteiger partial charge >= 0.3 is 0 Å². The van der Waals surface area contributed by atoms with Crippen LogP contribution in [0.1, 0.15) is 24.8 Å². The van der Waals surface area contributed by atoms with Crippen LogP contribution in [0.3, 0.4) is 0 Å². The van der Waals surface area contributed by atoms with Gasteiger partial charge in [-0.15, -0.1) is 11.3 Å². The van der Waals surface area contributed by atoms with Crippen molar-refractivity contribution < 1.29 is 9.53 Å². The van der Waals surface area contributed by atoms with E-state index in [1.165, 1.54) is 15.6 Å². The van der Waals surface area contributed by atoms with Crippen molar-refractivity contribution in [3.05, 3.63) is 35.2 Å². The van der Waals surface area contributed by atoms with Gasteiger partial charge < -0.3 is 9.64 Å². The summed E-state index contributed by atoms with van der Waals surface area (Å²) in [5, 5.41) is 3.65. The molecule has 2 fully saturated rings. The maximum Gasteiger partial charge on any atom is 0.224 e. The highest BCUT2D eigenvalue weighted by molar-refractivity contribution is 7.17. The summed E-state index contributed by atoms with van der Waals surface area (Å²) in [4.78, 5) is 17.0. The fraction of sp³-hybridized carbons (Fsp3) is 0.526. The highest BCUT2D eigenvalue weighted by Gasteiger charge is 2.46. The molecule has 0 bridgehead atoms. The summed E-state index contributed by atoms with van der Waals surface area (Å²) < 4.78 is 6.49. The Labute approximate surface area is 147 Å². The number of ether oxygens (including phenoxy) is 1. The van der Waals surface area contributed by atoms with Crippen molar-refractivity contribution in [1.29, 1.82) is 0 Å². The molecule has 0 saturated carbocycles. The fourth-order valence-corrected chi connectivity index (χ4v) is 5.20. The van der Waals surface area contributed by atoms with Gasteiger partial charge in [-0.3, -0.25) is 9.69 Å². The molecule has 128 valence electrons. The number of rotatable bonds is 6. The molecular formula is C19H24N2O2S. The summed E-state index contributed by atoms with van der Waals surface area (Å²) in [6, 6.07) is 9.40. The first kappa shape index (κ1) is 16.1. The van der Waals surface area contributed by atoms with Crippen LogP contribution in [0.25, 0.3) is 10.1 Å². The third kappa shape index (κ3) is 2.85. The second-order valence-electron chi connectivity index (χ2n) is 6.79. The number of methoxy groups -OCH3 is 1. The molecule has 0 aliphatic carbocycles. The summed E-state index contributed by atoms with van der Waals surface area (Å²) in [5.74, 6) is 0.320. The van der Waals surface area contributed by atoms with Crippen LogP contribution >= 0.6 is 11.3 Å². The van der Waals surface area contributed by atoms with Gasteiger partial charge in [0.2, 0.25) is 5.91 Å². The number of carbonyl (C=O) groups is 1. The lowest BCUT2D eigenvalue weighted by molar-refractivity contribution is -0.129. The van der Waals surface area contributed by atoms with Crippen LogP contribution in [0.15, 0.2) is 29.6 Å². The Hall–Kier alpha value is -1.43. The Morgan fingerprint density at radius 1 is 1.29 bits per heavy atom. The Morgan fingerprint density at radius 2 is 2.17 bits per heavy atom. The van der Waals surface area contributed by atoms with Crippen molar-refractivity contribution in [2.24, 2.45) is 0 Å². The first-order valence-corrected chi connectivity index (χ1v) is 9.63. The van der Waals surface area contributed by atoms with Gasteiger partial charge in [0.25, 0.3) is 0 Å². The average Bonchev–Trinajstić information content (AvgIpc) is 3.25. The molecule has 4 nitrogen and oxygen atoms in total. The topological polar surface area (TPSA) is 32.8 Å². The zero-order chi connectivity index (χ0) is 16.5. The van der Waals surface area contributed by atoms with Gasteiger partial charge in [-0.1, -0.05) is 18.2 Å². The second kappa shape index (κ2) is 6.82. The molecule has 0 unspecified atom stereocenters. The number of hydrogen-bond acceptors (Lipinski definition) is 4. The van der Waals surface area contributed by atoms with Crippen LogP contribution in [-0.4, -0.2) is 54.6 Å². The van der Waals surface area contributed by atoms with E-state index in [4.69, 9.17) is 4.74 Å². The molecule has 0 radical (unpaired) electrons. The predicted octanol–water partition coefficient (Wildman–Crippen LogP) is 3.11. The molecule has 3 heterocycles. The highest BCUT2D eigenvalue weighted by atomic mass is 32.1. The van der Waals surface area contributed by atoms with Crippen molar-refractivity contribution >= 4 is 27.3 Å². The molecule has 2 aliphatic heterocycles. The number of hydrogen-bond donors (Lipinski definition) is 0. The predicted molar refractivity (Wildman–Crippen MR) is 97.3 cm³/mol. The van der Waals surface area contributed by atoms with Crippen molar-refractivity contribution in [3.8, 4) is 0 Å². The third-order valence-corrected chi connectivity index (χ3v) is 6.42. The Kier molecular flexibility index (Phi) is 4.57. The normalized spacial score (nSPS) is 24.2. The largest absolute Gasteiger partial charge is 0.385 e.